The van der Waals surface area contributed by atoms with Crippen LogP contribution in [0.1, 0.15) is 10.4 Å². The Hall–Kier alpha value is -2.67. The van der Waals surface area contributed by atoms with E-state index in [1.807, 2.05) is 5.38 Å². The molecule has 0 aliphatic rings. The largest absolute Gasteiger partial charge is 0.508 e. The van der Waals surface area contributed by atoms with E-state index < -0.39 is 17.7 Å². The van der Waals surface area contributed by atoms with Crippen molar-refractivity contribution >= 4 is 29.0 Å². The van der Waals surface area contributed by atoms with E-state index in [1.54, 1.807) is 12.1 Å². The number of carboxylic acids is 1. The van der Waals surface area contributed by atoms with Crippen LogP contribution >= 0.6 is 11.3 Å². The van der Waals surface area contributed by atoms with Crippen molar-refractivity contribution in [2.75, 3.05) is 0 Å². The van der Waals surface area contributed by atoms with Gasteiger partial charge in [-0.2, -0.15) is 0 Å². The van der Waals surface area contributed by atoms with E-state index in [1.165, 1.54) is 35.6 Å². The summed E-state index contributed by atoms with van der Waals surface area (Å²) >= 11 is 1.39. The van der Waals surface area contributed by atoms with Crippen LogP contribution in [0.4, 0.5) is 0 Å². The molecular formula is C14H11NO5S. The van der Waals surface area contributed by atoms with Gasteiger partial charge in [-0.05, 0) is 23.6 Å². The van der Waals surface area contributed by atoms with Gasteiger partial charge in [0.05, 0.1) is 6.42 Å². The van der Waals surface area contributed by atoms with Crippen molar-refractivity contribution in [2.24, 2.45) is 5.16 Å². The molecule has 0 atom stereocenters. The Morgan fingerprint density at radius 1 is 1.24 bits per heavy atom. The number of carbonyl (C=O) groups is 2. The van der Waals surface area contributed by atoms with Gasteiger partial charge in [0.1, 0.15) is 5.75 Å². The van der Waals surface area contributed by atoms with Crippen molar-refractivity contribution in [2.45, 2.75) is 6.42 Å². The number of benzene rings is 1. The van der Waals surface area contributed by atoms with Crippen molar-refractivity contribution in [1.29, 1.82) is 0 Å². The molecule has 1 aromatic carbocycles. The third-order valence-electron chi connectivity index (χ3n) is 2.46. The molecule has 2 rings (SSSR count). The maximum absolute atomic E-state index is 11.6. The molecule has 0 amide bonds. The lowest BCUT2D eigenvalue weighted by molar-refractivity contribution is -0.142. The van der Waals surface area contributed by atoms with E-state index in [2.05, 4.69) is 9.99 Å². The monoisotopic (exact) mass is 305 g/mol. The Kier molecular flexibility index (Phi) is 4.68. The Labute approximate surface area is 123 Å². The molecule has 0 bridgehead atoms. The Morgan fingerprint density at radius 2 is 2.05 bits per heavy atom. The van der Waals surface area contributed by atoms with Crippen LogP contribution in [-0.4, -0.2) is 27.9 Å². The van der Waals surface area contributed by atoms with Crippen LogP contribution in [0, 0.1) is 0 Å². The third-order valence-corrected chi connectivity index (χ3v) is 3.34. The van der Waals surface area contributed by atoms with Gasteiger partial charge in [0.15, 0.2) is 5.71 Å². The van der Waals surface area contributed by atoms with Crippen LogP contribution in [0.2, 0.25) is 0 Å². The summed E-state index contributed by atoms with van der Waals surface area (Å²) in [5, 5.41) is 23.6. The van der Waals surface area contributed by atoms with Gasteiger partial charge >= 0.3 is 11.9 Å². The molecular weight excluding hydrogens is 294 g/mol. The van der Waals surface area contributed by atoms with E-state index in [0.717, 1.165) is 4.88 Å². The van der Waals surface area contributed by atoms with Gasteiger partial charge < -0.3 is 15.1 Å². The molecule has 0 spiro atoms. The highest BCUT2D eigenvalue weighted by Gasteiger charge is 2.15. The molecule has 0 unspecified atom stereocenters. The first-order chi connectivity index (χ1) is 10.1. The summed E-state index contributed by atoms with van der Waals surface area (Å²) in [4.78, 5) is 28.1. The van der Waals surface area contributed by atoms with Crippen molar-refractivity contribution in [3.05, 3.63) is 52.2 Å². The average Bonchev–Trinajstić information content (AvgIpc) is 2.91. The smallest absolute Gasteiger partial charge is 0.358 e. The van der Waals surface area contributed by atoms with Gasteiger partial charge in [-0.1, -0.05) is 23.4 Å². The highest BCUT2D eigenvalue weighted by Crippen LogP contribution is 2.13. The van der Waals surface area contributed by atoms with Gasteiger partial charge in [-0.3, -0.25) is 0 Å². The predicted octanol–water partition coefficient (Wildman–Crippen LogP) is 2.03. The van der Waals surface area contributed by atoms with Crippen molar-refractivity contribution in [3.63, 3.8) is 0 Å². The SMILES string of the molecule is O=C(Cc1cccs1)O/N=C(/C(=O)O)c1cccc(O)c1. The highest BCUT2D eigenvalue weighted by molar-refractivity contribution is 7.10. The van der Waals surface area contributed by atoms with Crippen LogP contribution < -0.4 is 0 Å². The Bertz CT molecular complexity index is 678. The molecule has 2 N–H and O–H groups in total. The maximum Gasteiger partial charge on any atom is 0.358 e. The van der Waals surface area contributed by atoms with Crippen LogP contribution in [0.15, 0.2) is 46.9 Å². The standard InChI is InChI=1S/C14H11NO5S/c16-10-4-1-3-9(7-10)13(14(18)19)15-20-12(17)8-11-5-2-6-21-11/h1-7,16H,8H2,(H,18,19)/b15-13+. The number of phenols is 1. The number of oxime groups is 1. The number of carboxylic acid groups (broad SMARTS) is 1. The van der Waals surface area contributed by atoms with Gasteiger partial charge in [-0.15, -0.1) is 11.3 Å². The summed E-state index contributed by atoms with van der Waals surface area (Å²) in [6.45, 7) is 0. The van der Waals surface area contributed by atoms with Gasteiger partial charge in [0.2, 0.25) is 0 Å². The minimum atomic E-state index is -1.36. The molecule has 6 nitrogen and oxygen atoms in total. The Balaban J connectivity index is 2.11. The number of aliphatic carboxylic acids is 1. The molecule has 7 heteroatoms. The molecule has 0 fully saturated rings. The molecule has 0 aliphatic carbocycles. The molecule has 0 saturated carbocycles. The average molecular weight is 305 g/mol. The molecule has 21 heavy (non-hydrogen) atoms. The first-order valence-corrected chi connectivity index (χ1v) is 6.77. The normalized spacial score (nSPS) is 11.1. The summed E-state index contributed by atoms with van der Waals surface area (Å²) < 4.78 is 0. The molecule has 108 valence electrons. The summed E-state index contributed by atoms with van der Waals surface area (Å²) in [5.74, 6) is -2.12. The second-order valence-corrected chi connectivity index (χ2v) is 5.05. The first kappa shape index (κ1) is 14.7. The molecule has 0 radical (unpaired) electrons. The summed E-state index contributed by atoms with van der Waals surface area (Å²) in [7, 11) is 0. The van der Waals surface area contributed by atoms with Crippen molar-refractivity contribution in [3.8, 4) is 5.75 Å². The third kappa shape index (κ3) is 4.15. The van der Waals surface area contributed by atoms with E-state index in [0.29, 0.717) is 0 Å². The van der Waals surface area contributed by atoms with E-state index in [4.69, 9.17) is 5.11 Å². The maximum atomic E-state index is 11.6. The van der Waals surface area contributed by atoms with Gasteiger partial charge in [0.25, 0.3) is 0 Å². The first-order valence-electron chi connectivity index (χ1n) is 5.89. The van der Waals surface area contributed by atoms with Crippen molar-refractivity contribution in [1.82, 2.24) is 0 Å². The van der Waals surface area contributed by atoms with Crippen molar-refractivity contribution < 1.29 is 24.6 Å². The van der Waals surface area contributed by atoms with Gasteiger partial charge in [0, 0.05) is 10.4 Å². The fraction of sp³-hybridized carbons (Fsp3) is 0.0714. The number of thiophene rings is 1. The quantitative estimate of drug-likeness (QED) is 0.500. The fourth-order valence-electron chi connectivity index (χ4n) is 1.55. The number of carbonyl (C=O) groups excluding carboxylic acids is 1. The molecule has 1 heterocycles. The second-order valence-electron chi connectivity index (χ2n) is 4.01. The zero-order valence-electron chi connectivity index (χ0n) is 10.7. The van der Waals surface area contributed by atoms with Crippen LogP contribution in [0.5, 0.6) is 5.75 Å². The number of hydrogen-bond acceptors (Lipinski definition) is 6. The molecule has 2 aromatic rings. The highest BCUT2D eigenvalue weighted by atomic mass is 32.1. The lowest BCUT2D eigenvalue weighted by Crippen LogP contribution is -2.16. The van der Waals surface area contributed by atoms with E-state index >= 15 is 0 Å². The topological polar surface area (TPSA) is 96.2 Å². The van der Waals surface area contributed by atoms with Crippen LogP contribution in [-0.2, 0) is 20.8 Å². The van der Waals surface area contributed by atoms with E-state index in [-0.39, 0.29) is 17.7 Å². The summed E-state index contributed by atoms with van der Waals surface area (Å²) in [6, 6.07) is 9.09. The zero-order valence-corrected chi connectivity index (χ0v) is 11.5. The molecule has 0 saturated heterocycles. The summed E-state index contributed by atoms with van der Waals surface area (Å²) in [5.41, 5.74) is -0.308. The van der Waals surface area contributed by atoms with Gasteiger partial charge in [-0.25, -0.2) is 9.59 Å². The number of nitrogens with zero attached hydrogens (tertiary/aromatic N) is 1. The predicted molar refractivity (Wildman–Crippen MR) is 76.4 cm³/mol. The molecule has 0 aliphatic heterocycles. The fourth-order valence-corrected chi connectivity index (χ4v) is 2.24. The minimum absolute atomic E-state index is 0.0219. The minimum Gasteiger partial charge on any atom is -0.508 e. The number of phenolic OH excluding ortho intramolecular Hbond substituents is 1. The lowest BCUT2D eigenvalue weighted by atomic mass is 10.1. The van der Waals surface area contributed by atoms with Crippen LogP contribution in [0.25, 0.3) is 0 Å². The van der Waals surface area contributed by atoms with Crippen LogP contribution in [0.3, 0.4) is 0 Å². The Morgan fingerprint density at radius 3 is 2.67 bits per heavy atom. The summed E-state index contributed by atoms with van der Waals surface area (Å²) in [6.07, 6.45) is 0.0219. The number of aromatic hydroxyl groups is 1. The number of rotatable bonds is 5. The lowest BCUT2D eigenvalue weighted by Gasteiger charge is -2.02. The molecule has 1 aromatic heterocycles. The zero-order chi connectivity index (χ0) is 15.2. The second kappa shape index (κ2) is 6.67. The number of hydrogen-bond donors (Lipinski definition) is 2. The van der Waals surface area contributed by atoms with E-state index in [9.17, 15) is 14.7 Å².